The quantitative estimate of drug-likeness (QED) is 0.891. The van der Waals surface area contributed by atoms with Crippen molar-refractivity contribution in [1.29, 1.82) is 0 Å². The van der Waals surface area contributed by atoms with Gasteiger partial charge in [-0.05, 0) is 53.4 Å². The Labute approximate surface area is 144 Å². The average molecular weight is 377 g/mol. The van der Waals surface area contributed by atoms with Crippen LogP contribution in [0.2, 0.25) is 0 Å². The van der Waals surface area contributed by atoms with Crippen LogP contribution in [0.4, 0.5) is 0 Å². The van der Waals surface area contributed by atoms with Crippen LogP contribution in [0.25, 0.3) is 10.8 Å². The molecule has 0 bridgehead atoms. The zero-order valence-electron chi connectivity index (χ0n) is 13.2. The van der Waals surface area contributed by atoms with Crippen molar-refractivity contribution in [1.82, 2.24) is 4.90 Å². The van der Waals surface area contributed by atoms with Crippen molar-refractivity contribution in [2.24, 2.45) is 11.1 Å². The van der Waals surface area contributed by atoms with Crippen molar-refractivity contribution in [2.45, 2.75) is 13.3 Å². The van der Waals surface area contributed by atoms with Crippen LogP contribution >= 0.6 is 15.9 Å². The van der Waals surface area contributed by atoms with Crippen molar-refractivity contribution < 1.29 is 9.53 Å². The number of carbonyl (C=O) groups is 1. The summed E-state index contributed by atoms with van der Waals surface area (Å²) in [5, 5.41) is 2.23. The fraction of sp³-hybridized carbons (Fsp3) is 0.389. The number of ether oxygens (including phenoxy) is 1. The van der Waals surface area contributed by atoms with Crippen molar-refractivity contribution >= 4 is 32.6 Å². The fourth-order valence-corrected chi connectivity index (χ4v) is 3.30. The number of halogens is 1. The highest BCUT2D eigenvalue weighted by atomic mass is 79.9. The van der Waals surface area contributed by atoms with E-state index in [1.54, 1.807) is 0 Å². The third kappa shape index (κ3) is 3.67. The van der Waals surface area contributed by atoms with Crippen LogP contribution in [-0.2, 0) is 4.79 Å². The smallest absolute Gasteiger partial charge is 0.260 e. The van der Waals surface area contributed by atoms with E-state index in [9.17, 15) is 4.79 Å². The molecule has 1 unspecified atom stereocenters. The first-order chi connectivity index (χ1) is 11.0. The molecule has 1 aliphatic heterocycles. The van der Waals surface area contributed by atoms with E-state index in [0.717, 1.165) is 34.8 Å². The SMILES string of the molecule is CC1(CN)CCN(C(=O)COc2ccc3cc(Br)ccc3c2)C1. The predicted octanol–water partition coefficient (Wildman–Crippen LogP) is 3.18. The van der Waals surface area contributed by atoms with E-state index in [-0.39, 0.29) is 17.9 Å². The maximum atomic E-state index is 12.3. The molecule has 5 heteroatoms. The van der Waals surface area contributed by atoms with Crippen LogP contribution in [0.15, 0.2) is 40.9 Å². The number of fused-ring (bicyclic) bond motifs is 1. The molecule has 4 nitrogen and oxygen atoms in total. The van der Waals surface area contributed by atoms with Crippen LogP contribution in [0.1, 0.15) is 13.3 Å². The first kappa shape index (κ1) is 16.3. The van der Waals surface area contributed by atoms with Crippen LogP contribution in [0, 0.1) is 5.41 Å². The van der Waals surface area contributed by atoms with Crippen molar-refractivity contribution in [3.05, 3.63) is 40.9 Å². The standard InChI is InChI=1S/C18H21BrN2O2/c1-18(11-20)6-7-21(12-18)17(22)10-23-16-5-3-13-8-15(19)4-2-14(13)9-16/h2-5,8-9H,6-7,10-12,20H2,1H3. The summed E-state index contributed by atoms with van der Waals surface area (Å²) in [4.78, 5) is 14.1. The summed E-state index contributed by atoms with van der Waals surface area (Å²) in [6, 6.07) is 11.9. The summed E-state index contributed by atoms with van der Waals surface area (Å²) in [5.74, 6) is 0.743. The molecule has 23 heavy (non-hydrogen) atoms. The van der Waals surface area contributed by atoms with Gasteiger partial charge in [-0.2, -0.15) is 0 Å². The van der Waals surface area contributed by atoms with Crippen LogP contribution in [0.3, 0.4) is 0 Å². The lowest BCUT2D eigenvalue weighted by molar-refractivity contribution is -0.132. The van der Waals surface area contributed by atoms with E-state index >= 15 is 0 Å². The van der Waals surface area contributed by atoms with Gasteiger partial charge in [-0.15, -0.1) is 0 Å². The van der Waals surface area contributed by atoms with Gasteiger partial charge in [0.15, 0.2) is 6.61 Å². The average Bonchev–Trinajstić information content (AvgIpc) is 2.96. The highest BCUT2D eigenvalue weighted by Crippen LogP contribution is 2.29. The Kier molecular flexibility index (Phi) is 4.60. The predicted molar refractivity (Wildman–Crippen MR) is 95.5 cm³/mol. The molecule has 1 heterocycles. The second-order valence-corrected chi connectivity index (χ2v) is 7.44. The molecule has 1 saturated heterocycles. The molecule has 3 rings (SSSR count). The first-order valence-electron chi connectivity index (χ1n) is 7.79. The summed E-state index contributed by atoms with van der Waals surface area (Å²) < 4.78 is 6.73. The van der Waals surface area contributed by atoms with Crippen molar-refractivity contribution in [3.63, 3.8) is 0 Å². The topological polar surface area (TPSA) is 55.6 Å². The zero-order valence-corrected chi connectivity index (χ0v) is 14.8. The Hall–Kier alpha value is -1.59. The number of benzene rings is 2. The van der Waals surface area contributed by atoms with Gasteiger partial charge in [0.2, 0.25) is 0 Å². The van der Waals surface area contributed by atoms with Gasteiger partial charge in [-0.1, -0.05) is 35.0 Å². The summed E-state index contributed by atoms with van der Waals surface area (Å²) in [5.41, 5.74) is 5.83. The van der Waals surface area contributed by atoms with Crippen LogP contribution in [0.5, 0.6) is 5.75 Å². The van der Waals surface area contributed by atoms with E-state index < -0.39 is 0 Å². The summed E-state index contributed by atoms with van der Waals surface area (Å²) in [7, 11) is 0. The molecular formula is C18H21BrN2O2. The molecular weight excluding hydrogens is 356 g/mol. The Morgan fingerprint density at radius 3 is 2.78 bits per heavy atom. The van der Waals surface area contributed by atoms with Gasteiger partial charge in [-0.25, -0.2) is 0 Å². The van der Waals surface area contributed by atoms with E-state index in [2.05, 4.69) is 28.9 Å². The van der Waals surface area contributed by atoms with E-state index in [1.165, 1.54) is 0 Å². The van der Waals surface area contributed by atoms with Gasteiger partial charge >= 0.3 is 0 Å². The number of hydrogen-bond donors (Lipinski definition) is 1. The number of nitrogens with two attached hydrogens (primary N) is 1. The third-order valence-corrected chi connectivity index (χ3v) is 5.03. The Morgan fingerprint density at radius 2 is 2.04 bits per heavy atom. The Morgan fingerprint density at radius 1 is 1.30 bits per heavy atom. The van der Waals surface area contributed by atoms with Crippen molar-refractivity contribution in [3.8, 4) is 5.75 Å². The lowest BCUT2D eigenvalue weighted by atomic mass is 9.90. The molecule has 1 atom stereocenters. The molecule has 2 aromatic carbocycles. The summed E-state index contributed by atoms with van der Waals surface area (Å²) >= 11 is 3.46. The van der Waals surface area contributed by atoms with Crippen LogP contribution < -0.4 is 10.5 Å². The lowest BCUT2D eigenvalue weighted by Crippen LogP contribution is -2.36. The van der Waals surface area contributed by atoms with Gasteiger partial charge in [0.25, 0.3) is 5.91 Å². The molecule has 0 spiro atoms. The number of rotatable bonds is 4. The molecule has 2 aromatic rings. The minimum absolute atomic E-state index is 0.0260. The molecule has 1 fully saturated rings. The van der Waals surface area contributed by atoms with E-state index in [1.807, 2.05) is 35.2 Å². The lowest BCUT2D eigenvalue weighted by Gasteiger charge is -2.22. The minimum Gasteiger partial charge on any atom is -0.484 e. The van der Waals surface area contributed by atoms with Crippen molar-refractivity contribution in [2.75, 3.05) is 26.2 Å². The van der Waals surface area contributed by atoms with Gasteiger partial charge in [-0.3, -0.25) is 4.79 Å². The monoisotopic (exact) mass is 376 g/mol. The van der Waals surface area contributed by atoms with Crippen LogP contribution in [-0.4, -0.2) is 37.0 Å². The molecule has 0 aliphatic carbocycles. The number of likely N-dealkylation sites (tertiary alicyclic amines) is 1. The maximum absolute atomic E-state index is 12.3. The first-order valence-corrected chi connectivity index (χ1v) is 8.58. The normalized spacial score (nSPS) is 20.9. The molecule has 0 aromatic heterocycles. The molecule has 1 amide bonds. The molecule has 0 saturated carbocycles. The fourth-order valence-electron chi connectivity index (χ4n) is 2.92. The highest BCUT2D eigenvalue weighted by molar-refractivity contribution is 9.10. The second kappa shape index (κ2) is 6.49. The molecule has 122 valence electrons. The van der Waals surface area contributed by atoms with Gasteiger partial charge in [0, 0.05) is 17.6 Å². The minimum atomic E-state index is 0.0260. The molecule has 1 aliphatic rings. The number of hydrogen-bond acceptors (Lipinski definition) is 3. The largest absolute Gasteiger partial charge is 0.484 e. The highest BCUT2D eigenvalue weighted by Gasteiger charge is 2.34. The van der Waals surface area contributed by atoms with E-state index in [4.69, 9.17) is 10.5 Å². The Balaban J connectivity index is 1.62. The summed E-state index contributed by atoms with van der Waals surface area (Å²) in [6.45, 7) is 4.29. The number of amides is 1. The molecule has 2 N–H and O–H groups in total. The summed E-state index contributed by atoms with van der Waals surface area (Å²) in [6.07, 6.45) is 0.958. The van der Waals surface area contributed by atoms with Gasteiger partial charge in [0.05, 0.1) is 0 Å². The number of nitrogens with zero attached hydrogens (tertiary/aromatic N) is 1. The zero-order chi connectivity index (χ0) is 16.4. The van der Waals surface area contributed by atoms with Gasteiger partial charge < -0.3 is 15.4 Å². The number of carbonyl (C=O) groups excluding carboxylic acids is 1. The molecule has 0 radical (unpaired) electrons. The van der Waals surface area contributed by atoms with E-state index in [0.29, 0.717) is 12.3 Å². The third-order valence-electron chi connectivity index (χ3n) is 4.54. The van der Waals surface area contributed by atoms with Gasteiger partial charge in [0.1, 0.15) is 5.75 Å². The Bertz CT molecular complexity index is 734. The second-order valence-electron chi connectivity index (χ2n) is 6.52. The maximum Gasteiger partial charge on any atom is 0.260 e.